The highest BCUT2D eigenvalue weighted by Crippen LogP contribution is 2.47. The molecule has 0 aromatic heterocycles. The number of carbonyl (C=O) groups is 1. The maximum atomic E-state index is 12.8. The highest BCUT2D eigenvalue weighted by Gasteiger charge is 2.25. The lowest BCUT2D eigenvalue weighted by Crippen LogP contribution is -2.45. The van der Waals surface area contributed by atoms with E-state index in [1.807, 2.05) is 12.1 Å². The predicted octanol–water partition coefficient (Wildman–Crippen LogP) is 5.47. The van der Waals surface area contributed by atoms with Gasteiger partial charge in [-0.3, -0.25) is 4.79 Å². The first-order valence-electron chi connectivity index (χ1n) is 11.5. The van der Waals surface area contributed by atoms with Crippen molar-refractivity contribution in [3.8, 4) is 5.75 Å². The third-order valence-electron chi connectivity index (χ3n) is 6.39. The summed E-state index contributed by atoms with van der Waals surface area (Å²) >= 11 is 1.80. The number of anilines is 3. The number of piperidine rings is 1. The number of benzene rings is 3. The fourth-order valence-corrected chi connectivity index (χ4v) is 5.71. The molecule has 1 saturated heterocycles. The summed E-state index contributed by atoms with van der Waals surface area (Å²) in [5, 5.41) is 3.28. The van der Waals surface area contributed by atoms with E-state index >= 15 is 0 Å². The molecule has 3 aromatic carbocycles. The third-order valence-corrected chi connectivity index (χ3v) is 7.52. The van der Waals surface area contributed by atoms with Gasteiger partial charge in [-0.25, -0.2) is 0 Å². The Kier molecular flexibility index (Phi) is 6.44. The van der Waals surface area contributed by atoms with Crippen molar-refractivity contribution in [2.45, 2.75) is 35.1 Å². The Morgan fingerprint density at radius 3 is 2.15 bits per heavy atom. The van der Waals surface area contributed by atoms with E-state index in [9.17, 15) is 4.79 Å². The van der Waals surface area contributed by atoms with E-state index in [2.05, 4.69) is 75.8 Å². The Bertz CT molecular complexity index is 1060. The molecule has 3 aromatic rings. The summed E-state index contributed by atoms with van der Waals surface area (Å²) < 4.78 is 5.25. The molecule has 0 spiro atoms. The maximum absolute atomic E-state index is 12.8. The van der Waals surface area contributed by atoms with E-state index in [0.29, 0.717) is 13.0 Å². The first-order chi connectivity index (χ1) is 16.2. The maximum Gasteiger partial charge on any atom is 0.222 e. The number of hydrogen-bond acceptors (Lipinski definition) is 5. The van der Waals surface area contributed by atoms with Crippen molar-refractivity contribution in [3.63, 3.8) is 0 Å². The van der Waals surface area contributed by atoms with Crippen molar-refractivity contribution in [1.82, 2.24) is 5.32 Å². The van der Waals surface area contributed by atoms with Gasteiger partial charge < -0.3 is 19.9 Å². The summed E-state index contributed by atoms with van der Waals surface area (Å²) in [5.41, 5.74) is 3.57. The van der Waals surface area contributed by atoms with Gasteiger partial charge in [-0.1, -0.05) is 36.0 Å². The minimum absolute atomic E-state index is 0.131. The minimum atomic E-state index is 0.131. The van der Waals surface area contributed by atoms with Crippen LogP contribution in [0.25, 0.3) is 0 Å². The second-order valence-corrected chi connectivity index (χ2v) is 9.55. The van der Waals surface area contributed by atoms with Crippen molar-refractivity contribution in [2.24, 2.45) is 0 Å². The van der Waals surface area contributed by atoms with Gasteiger partial charge in [-0.2, -0.15) is 0 Å². The molecular weight excluding hydrogens is 430 g/mol. The minimum Gasteiger partial charge on any atom is -0.497 e. The Hall–Kier alpha value is -3.12. The van der Waals surface area contributed by atoms with E-state index in [-0.39, 0.29) is 11.9 Å². The molecule has 33 heavy (non-hydrogen) atoms. The van der Waals surface area contributed by atoms with Gasteiger partial charge in [0.2, 0.25) is 5.91 Å². The zero-order valence-corrected chi connectivity index (χ0v) is 19.7. The molecule has 0 bridgehead atoms. The lowest BCUT2D eigenvalue weighted by molar-refractivity contribution is -0.121. The number of fused-ring (bicyclic) bond motifs is 2. The van der Waals surface area contributed by atoms with Crippen LogP contribution in [0.5, 0.6) is 5.75 Å². The SMILES string of the molecule is COc1ccc(N2CCC(NC(=O)CCN3c4ccccc4Sc4ccccc43)CC2)cc1. The molecule has 1 amide bonds. The first-order valence-corrected chi connectivity index (χ1v) is 12.3. The van der Waals surface area contributed by atoms with Crippen molar-refractivity contribution in [2.75, 3.05) is 36.5 Å². The van der Waals surface area contributed by atoms with Crippen LogP contribution in [0.1, 0.15) is 19.3 Å². The van der Waals surface area contributed by atoms with Crippen LogP contribution in [0.4, 0.5) is 17.1 Å². The van der Waals surface area contributed by atoms with Crippen LogP contribution in [-0.2, 0) is 4.79 Å². The fourth-order valence-electron chi connectivity index (χ4n) is 4.61. The molecule has 2 heterocycles. The zero-order chi connectivity index (χ0) is 22.6. The van der Waals surface area contributed by atoms with Crippen LogP contribution in [0.2, 0.25) is 0 Å². The smallest absolute Gasteiger partial charge is 0.222 e. The summed E-state index contributed by atoms with van der Waals surface area (Å²) in [5.74, 6) is 1.00. The van der Waals surface area contributed by atoms with Gasteiger partial charge in [-0.05, 0) is 61.4 Å². The van der Waals surface area contributed by atoms with E-state index in [0.717, 1.165) is 31.7 Å². The van der Waals surface area contributed by atoms with Crippen molar-refractivity contribution < 1.29 is 9.53 Å². The van der Waals surface area contributed by atoms with Crippen LogP contribution in [0.15, 0.2) is 82.6 Å². The molecule has 1 fully saturated rings. The lowest BCUT2D eigenvalue weighted by Gasteiger charge is -2.35. The van der Waals surface area contributed by atoms with Crippen LogP contribution < -0.4 is 19.9 Å². The molecule has 1 N–H and O–H groups in total. The molecular formula is C27H29N3O2S. The van der Waals surface area contributed by atoms with Crippen molar-refractivity contribution >= 4 is 34.7 Å². The molecule has 5 rings (SSSR count). The number of carbonyl (C=O) groups excluding carboxylic acids is 1. The second-order valence-electron chi connectivity index (χ2n) is 8.47. The molecule has 0 radical (unpaired) electrons. The van der Waals surface area contributed by atoms with Gasteiger partial charge in [-0.15, -0.1) is 0 Å². The number of para-hydroxylation sites is 2. The van der Waals surface area contributed by atoms with E-state index in [1.165, 1.54) is 26.9 Å². The molecule has 5 nitrogen and oxygen atoms in total. The number of nitrogens with one attached hydrogen (secondary N) is 1. The number of nitrogens with zero attached hydrogens (tertiary/aromatic N) is 2. The summed E-state index contributed by atoms with van der Waals surface area (Å²) in [4.78, 5) is 20.0. The van der Waals surface area contributed by atoms with Gasteiger partial charge in [0.15, 0.2) is 0 Å². The number of amides is 1. The topological polar surface area (TPSA) is 44.8 Å². The average Bonchev–Trinajstić information content (AvgIpc) is 2.87. The van der Waals surface area contributed by atoms with Crippen LogP contribution in [0.3, 0.4) is 0 Å². The van der Waals surface area contributed by atoms with E-state index in [4.69, 9.17) is 4.74 Å². The number of rotatable bonds is 6. The van der Waals surface area contributed by atoms with E-state index < -0.39 is 0 Å². The average molecular weight is 460 g/mol. The normalized spacial score (nSPS) is 15.5. The quantitative estimate of drug-likeness (QED) is 0.529. The molecule has 0 atom stereocenters. The second kappa shape index (κ2) is 9.79. The van der Waals surface area contributed by atoms with E-state index in [1.54, 1.807) is 18.9 Å². The Labute approximate surface area is 199 Å². The highest BCUT2D eigenvalue weighted by molar-refractivity contribution is 7.99. The Morgan fingerprint density at radius 1 is 0.939 bits per heavy atom. The van der Waals surface area contributed by atoms with Gasteiger partial charge in [0, 0.05) is 47.6 Å². The largest absolute Gasteiger partial charge is 0.497 e. The number of ether oxygens (including phenoxy) is 1. The molecule has 0 unspecified atom stereocenters. The number of methoxy groups -OCH3 is 1. The molecule has 170 valence electrons. The van der Waals surface area contributed by atoms with Gasteiger partial charge >= 0.3 is 0 Å². The standard InChI is InChI=1S/C27H29N3O2S/c1-32-22-12-10-21(11-13-22)29-17-14-20(15-18-29)28-27(31)16-19-30-23-6-2-4-8-25(23)33-26-9-5-3-7-24(26)30/h2-13,20H,14-19H2,1H3,(H,28,31). The Balaban J connectivity index is 1.16. The van der Waals surface area contributed by atoms with Crippen LogP contribution >= 0.6 is 11.8 Å². The molecule has 6 heteroatoms. The molecule has 2 aliphatic heterocycles. The van der Waals surface area contributed by atoms with Gasteiger partial charge in [0.25, 0.3) is 0 Å². The molecule has 0 saturated carbocycles. The van der Waals surface area contributed by atoms with Crippen molar-refractivity contribution in [3.05, 3.63) is 72.8 Å². The first kappa shape index (κ1) is 21.7. The summed E-state index contributed by atoms with van der Waals surface area (Å²) in [6.45, 7) is 2.56. The summed E-state index contributed by atoms with van der Waals surface area (Å²) in [6.07, 6.45) is 2.40. The summed E-state index contributed by atoms with van der Waals surface area (Å²) in [7, 11) is 1.69. The monoisotopic (exact) mass is 459 g/mol. The highest BCUT2D eigenvalue weighted by atomic mass is 32.2. The Morgan fingerprint density at radius 2 is 1.55 bits per heavy atom. The van der Waals surface area contributed by atoms with Gasteiger partial charge in [0.05, 0.1) is 18.5 Å². The van der Waals surface area contributed by atoms with Gasteiger partial charge in [0.1, 0.15) is 5.75 Å². The molecule has 2 aliphatic rings. The van der Waals surface area contributed by atoms with Crippen molar-refractivity contribution in [1.29, 1.82) is 0 Å². The summed E-state index contributed by atoms with van der Waals surface area (Å²) in [6, 6.07) is 25.3. The lowest BCUT2D eigenvalue weighted by atomic mass is 10.0. The predicted molar refractivity (Wildman–Crippen MR) is 135 cm³/mol. The number of hydrogen-bond donors (Lipinski definition) is 1. The third kappa shape index (κ3) is 4.81. The molecule has 0 aliphatic carbocycles. The van der Waals surface area contributed by atoms with Crippen LogP contribution in [0, 0.1) is 0 Å². The fraction of sp³-hybridized carbons (Fsp3) is 0.296. The van der Waals surface area contributed by atoms with Crippen LogP contribution in [-0.4, -0.2) is 38.7 Å². The zero-order valence-electron chi connectivity index (χ0n) is 18.9.